The molecule has 0 saturated carbocycles. The first-order chi connectivity index (χ1) is 41.8. The van der Waals surface area contributed by atoms with E-state index in [1.54, 1.807) is 19.9 Å². The number of imidazole rings is 1. The monoisotopic (exact) mass is 1250 g/mol. The average molecular weight is 1260 g/mol. The van der Waals surface area contributed by atoms with Gasteiger partial charge in [-0.05, 0) is 106 Å². The number of thioether (sulfide) groups is 2. The minimum absolute atomic E-state index is 0.0105. The molecule has 1 aromatic carbocycles. The van der Waals surface area contributed by atoms with Crippen LogP contribution in [0, 0.1) is 5.92 Å². The van der Waals surface area contributed by atoms with Gasteiger partial charge in [0.1, 0.15) is 72.9 Å². The van der Waals surface area contributed by atoms with Crippen molar-refractivity contribution < 1.29 is 72.5 Å². The summed E-state index contributed by atoms with van der Waals surface area (Å²) in [6, 6.07) is -6.89. The smallest absolute Gasteiger partial charge is 0.305 e. The predicted octanol–water partition coefficient (Wildman–Crippen LogP) is -1.80. The Morgan fingerprint density at radius 2 is 1.34 bits per heavy atom. The molecule has 9 atom stereocenters. The number of carbonyl (C=O) groups excluding carboxylic acids is 10. The highest BCUT2D eigenvalue weighted by molar-refractivity contribution is 7.98. The molecular weight excluding hydrogens is 1170 g/mol. The van der Waals surface area contributed by atoms with Crippen molar-refractivity contribution in [3.8, 4) is 5.75 Å². The van der Waals surface area contributed by atoms with Crippen molar-refractivity contribution >= 4 is 94.8 Å². The average Bonchev–Trinajstić information content (AvgIpc) is 1.96. The molecule has 0 spiro atoms. The second-order valence-electron chi connectivity index (χ2n) is 22.1. The van der Waals surface area contributed by atoms with Gasteiger partial charge in [0.05, 0.1) is 26.0 Å². The van der Waals surface area contributed by atoms with Gasteiger partial charge < -0.3 is 83.3 Å². The van der Waals surface area contributed by atoms with Gasteiger partial charge in [-0.2, -0.15) is 23.5 Å². The lowest BCUT2D eigenvalue weighted by Crippen LogP contribution is -2.61. The number of nitrogens with two attached hydrogens (primary N) is 2. The quantitative estimate of drug-likeness (QED) is 0.110. The molecule has 31 heteroatoms. The first-order valence-electron chi connectivity index (χ1n) is 29.4. The molecule has 5 heterocycles. The number of primary amides is 1. The van der Waals surface area contributed by atoms with E-state index in [-0.39, 0.29) is 74.9 Å². The van der Waals surface area contributed by atoms with E-state index < -0.39 is 138 Å². The lowest BCUT2D eigenvalue weighted by Gasteiger charge is -2.33. The van der Waals surface area contributed by atoms with Crippen molar-refractivity contribution in [2.45, 2.75) is 163 Å². The number of nitrogens with one attached hydrogen (secondary N) is 8. The molecule has 10 amide bonds. The zero-order valence-corrected chi connectivity index (χ0v) is 50.6. The number of aromatic nitrogens is 2. The number of hydrogen-bond donors (Lipinski definition) is 12. The summed E-state index contributed by atoms with van der Waals surface area (Å²) < 4.78 is 6.24. The Morgan fingerprint density at radius 3 is 2.00 bits per heavy atom. The molecular formula is C56H82N14O15S2. The largest absolute Gasteiger partial charge is 0.494 e. The van der Waals surface area contributed by atoms with Crippen LogP contribution in [-0.2, 0) is 75.5 Å². The highest BCUT2D eigenvalue weighted by Gasteiger charge is 2.45. The van der Waals surface area contributed by atoms with Gasteiger partial charge in [-0.15, -0.1) is 0 Å². The fourth-order valence-electron chi connectivity index (χ4n) is 10.4. The third-order valence-electron chi connectivity index (χ3n) is 15.0. The van der Waals surface area contributed by atoms with E-state index in [0.29, 0.717) is 62.1 Å². The van der Waals surface area contributed by atoms with Crippen LogP contribution in [0.1, 0.15) is 108 Å². The van der Waals surface area contributed by atoms with Gasteiger partial charge in [0.2, 0.25) is 53.2 Å². The first-order valence-corrected chi connectivity index (χ1v) is 31.7. The van der Waals surface area contributed by atoms with Crippen LogP contribution in [0.4, 0.5) is 0 Å². The molecule has 0 radical (unpaired) electrons. The second-order valence-corrected chi connectivity index (χ2v) is 24.1. The zero-order valence-electron chi connectivity index (χ0n) is 49.0. The Hall–Kier alpha value is -7.51. The van der Waals surface area contributed by atoms with Gasteiger partial charge in [0, 0.05) is 54.4 Å². The maximum Gasteiger partial charge on any atom is 0.305 e. The van der Waals surface area contributed by atoms with Crippen molar-refractivity contribution in [3.05, 3.63) is 47.5 Å². The number of oxime groups is 1. The second kappa shape index (κ2) is 34.7. The van der Waals surface area contributed by atoms with Gasteiger partial charge in [-0.3, -0.25) is 52.7 Å². The van der Waals surface area contributed by atoms with Crippen LogP contribution in [0.3, 0.4) is 0 Å². The van der Waals surface area contributed by atoms with Crippen LogP contribution in [0.5, 0.6) is 5.75 Å². The van der Waals surface area contributed by atoms with Crippen molar-refractivity contribution in [2.75, 3.05) is 51.0 Å². The lowest BCUT2D eigenvalue weighted by atomic mass is 10.0. The number of H-pyrrole nitrogens is 1. The molecule has 1 unspecified atom stereocenters. The van der Waals surface area contributed by atoms with Crippen LogP contribution in [0.15, 0.2) is 35.9 Å². The number of ether oxygens (including phenoxy) is 1. The Balaban J connectivity index is 1.39. The van der Waals surface area contributed by atoms with E-state index in [1.807, 2.05) is 12.1 Å². The van der Waals surface area contributed by atoms with Crippen LogP contribution in [0.2, 0.25) is 0 Å². The van der Waals surface area contributed by atoms with Crippen molar-refractivity contribution in [1.29, 1.82) is 0 Å². The van der Waals surface area contributed by atoms with Gasteiger partial charge in [0.15, 0.2) is 0 Å². The minimum atomic E-state index is -1.79. The molecule has 0 aliphatic carbocycles. The SMILES string of the molecule is CC(C)C1NC(=O)[C@H](CCCCN)NC(=O)[C@@H]2CCCN2C(=O)[C@@H]2CCCN2C(=O)[C@H](CC(=O)O)NC(=O)[C@H](Cc2cnc[nH]2)NC(=O)[C@@H]2CSCc3cc(cc(c3)OCCCCCCO/N=C/C(=O)N[C@@H](CO)C(=O)N2)CSC[C@@H](C(N)=O)NC1=O. The number of unbranched alkanes of at least 4 members (excludes halogenated alkanes) is 1. The number of carboxylic acid groups (broad SMARTS) is 1. The Morgan fingerprint density at radius 1 is 0.701 bits per heavy atom. The third-order valence-corrected chi connectivity index (χ3v) is 17.2. The number of hydrogen-bond acceptors (Lipinski definition) is 19. The molecule has 87 heavy (non-hydrogen) atoms. The van der Waals surface area contributed by atoms with E-state index in [1.165, 1.54) is 40.9 Å². The lowest BCUT2D eigenvalue weighted by molar-refractivity contribution is -0.149. The minimum Gasteiger partial charge on any atom is -0.494 e. The maximum atomic E-state index is 14.7. The molecule has 14 N–H and O–H groups in total. The summed E-state index contributed by atoms with van der Waals surface area (Å²) in [6.07, 6.45) is 7.00. The molecule has 1 aromatic heterocycles. The highest BCUT2D eigenvalue weighted by atomic mass is 32.2. The molecule has 2 saturated heterocycles. The number of aliphatic hydroxyl groups excluding tert-OH is 1. The fraction of sp³-hybridized carbons (Fsp3) is 0.625. The third kappa shape index (κ3) is 21.1. The summed E-state index contributed by atoms with van der Waals surface area (Å²) in [5, 5.41) is 42.4. The summed E-state index contributed by atoms with van der Waals surface area (Å²) in [7, 11) is 0. The summed E-state index contributed by atoms with van der Waals surface area (Å²) in [4.78, 5) is 168. The van der Waals surface area contributed by atoms with Crippen LogP contribution in [-0.4, -0.2) is 207 Å². The standard InChI is InChI=1S/C56H82N14O15S2/c1-32(2)47-54(81)66-41(48(58)75)29-86-27-33-19-34-21-36(20-33)84-17-7-3-4-8-18-85-61-25-45(72)62-40(26-71)51(78)67-42(30-87-28-34)52(79)64-38(22-35-24-59-31-60-35)50(77)65-39(23-46(73)74)55(82)70-16-10-13-44(70)56(83)69-15-9-12-43(69)53(80)63-37(49(76)68-47)11-5-6-14-57/h19-21,24-25,31-32,37-44,47,71H,3-18,22-23,26-30,57H2,1-2H3,(H2,58,75)(H,59,60)(H,62,72)(H,63,80)(H,64,79)(H,65,77)(H,66,81)(H,67,78)(H,68,76)(H,73,74)/b61-25+/t37-,38-,39-,40-,41-,42-,43-,44-,47?/m0/s1. The summed E-state index contributed by atoms with van der Waals surface area (Å²) in [5.74, 6) is -9.55. The molecule has 4 aliphatic heterocycles. The van der Waals surface area contributed by atoms with Crippen molar-refractivity contribution in [2.24, 2.45) is 22.5 Å². The van der Waals surface area contributed by atoms with Crippen LogP contribution in [0.25, 0.3) is 0 Å². The first kappa shape index (κ1) is 68.6. The number of fused-ring (bicyclic) bond motifs is 7. The van der Waals surface area contributed by atoms with Crippen molar-refractivity contribution in [3.63, 3.8) is 0 Å². The topological polar surface area (TPSA) is 430 Å². The molecule has 4 aliphatic rings. The summed E-state index contributed by atoms with van der Waals surface area (Å²) >= 11 is 2.46. The maximum absolute atomic E-state index is 14.7. The van der Waals surface area contributed by atoms with E-state index in [4.69, 9.17) is 21.0 Å². The molecule has 478 valence electrons. The molecule has 2 fully saturated rings. The van der Waals surface area contributed by atoms with Gasteiger partial charge >= 0.3 is 5.97 Å². The number of aromatic amines is 1. The molecule has 2 aromatic rings. The Kier molecular flexibility index (Phi) is 27.4. The summed E-state index contributed by atoms with van der Waals surface area (Å²) in [5.41, 5.74) is 13.4. The summed E-state index contributed by atoms with van der Waals surface area (Å²) in [6.45, 7) is 3.35. The Bertz CT molecular complexity index is 2760. The molecule has 4 bridgehead atoms. The number of carbonyl (C=O) groups is 11. The van der Waals surface area contributed by atoms with E-state index in [9.17, 15) is 63.0 Å². The number of aliphatic hydroxyl groups is 1. The van der Waals surface area contributed by atoms with E-state index >= 15 is 0 Å². The van der Waals surface area contributed by atoms with Gasteiger partial charge in [0.25, 0.3) is 5.91 Å². The van der Waals surface area contributed by atoms with E-state index in [2.05, 4.69) is 52.3 Å². The molecule has 6 rings (SSSR count). The van der Waals surface area contributed by atoms with Crippen LogP contribution < -0.4 is 53.4 Å². The van der Waals surface area contributed by atoms with Crippen LogP contribution >= 0.6 is 23.5 Å². The van der Waals surface area contributed by atoms with Gasteiger partial charge in [-0.25, -0.2) is 4.98 Å². The Labute approximate surface area is 512 Å². The molecule has 29 nitrogen and oxygen atoms in total. The number of aliphatic carboxylic acids is 1. The normalized spacial score (nSPS) is 26.7. The number of benzene rings is 1. The zero-order chi connectivity index (χ0) is 63.0. The highest BCUT2D eigenvalue weighted by Crippen LogP contribution is 2.28. The number of carboxylic acids is 1. The number of amides is 10. The number of rotatable bonds is 11. The van der Waals surface area contributed by atoms with E-state index in [0.717, 1.165) is 29.5 Å². The predicted molar refractivity (Wildman–Crippen MR) is 319 cm³/mol. The van der Waals surface area contributed by atoms with Gasteiger partial charge in [-0.1, -0.05) is 25.1 Å². The number of nitrogens with zero attached hydrogens (tertiary/aromatic N) is 4. The van der Waals surface area contributed by atoms with Crippen molar-refractivity contribution in [1.82, 2.24) is 57.0 Å². The fourth-order valence-corrected chi connectivity index (χ4v) is 12.4.